The van der Waals surface area contributed by atoms with Gasteiger partial charge in [-0.25, -0.2) is 9.37 Å². The number of aromatic amines is 1. The second-order valence-electron chi connectivity index (χ2n) is 6.95. The second kappa shape index (κ2) is 8.58. The Morgan fingerprint density at radius 2 is 1.87 bits per heavy atom. The number of fused-ring (bicyclic) bond motifs is 1. The van der Waals surface area contributed by atoms with Crippen LogP contribution in [0.5, 0.6) is 0 Å². The van der Waals surface area contributed by atoms with E-state index < -0.39 is 18.0 Å². The third kappa shape index (κ3) is 5.16. The SMILES string of the molecule is CC(F)c1cccc(Nc2ccc3nc(CSc4ccnc(C(F)(F)F)c4)[nH]c3c2)c1. The summed E-state index contributed by atoms with van der Waals surface area (Å²) < 4.78 is 52.0. The molecule has 2 heterocycles. The molecule has 4 aromatic rings. The van der Waals surface area contributed by atoms with Crippen LogP contribution in [0.2, 0.25) is 0 Å². The quantitative estimate of drug-likeness (QED) is 0.246. The molecule has 0 spiro atoms. The van der Waals surface area contributed by atoms with E-state index in [1.54, 1.807) is 18.2 Å². The van der Waals surface area contributed by atoms with Gasteiger partial charge in [0.05, 0.1) is 16.8 Å². The predicted octanol–water partition coefficient (Wildman–Crippen LogP) is 7.04. The van der Waals surface area contributed by atoms with Gasteiger partial charge in [-0.2, -0.15) is 13.2 Å². The molecule has 1 atom stereocenters. The number of nitrogens with one attached hydrogen (secondary N) is 2. The lowest BCUT2D eigenvalue weighted by Gasteiger charge is -2.09. The zero-order valence-corrected chi connectivity index (χ0v) is 17.2. The van der Waals surface area contributed by atoms with Crippen molar-refractivity contribution in [3.8, 4) is 0 Å². The molecule has 0 saturated carbocycles. The summed E-state index contributed by atoms with van der Waals surface area (Å²) in [5.41, 5.74) is 2.80. The van der Waals surface area contributed by atoms with Gasteiger partial charge in [0.1, 0.15) is 17.7 Å². The first-order valence-electron chi connectivity index (χ1n) is 9.44. The molecular weight excluding hydrogens is 428 g/mol. The molecule has 0 aliphatic heterocycles. The number of thioether (sulfide) groups is 1. The third-order valence-electron chi connectivity index (χ3n) is 4.56. The molecule has 0 aliphatic rings. The Morgan fingerprint density at radius 3 is 2.65 bits per heavy atom. The summed E-state index contributed by atoms with van der Waals surface area (Å²) in [5.74, 6) is 1.03. The molecule has 2 N–H and O–H groups in total. The van der Waals surface area contributed by atoms with E-state index in [1.165, 1.54) is 24.8 Å². The van der Waals surface area contributed by atoms with Crippen LogP contribution in [0.1, 0.15) is 30.2 Å². The number of benzene rings is 2. The normalized spacial score (nSPS) is 12.8. The number of alkyl halides is 4. The van der Waals surface area contributed by atoms with Crippen LogP contribution in [0.15, 0.2) is 65.7 Å². The standard InChI is InChI=1S/C22H18F4N4S/c1-13(23)14-3-2-4-15(9-14)28-16-5-6-18-19(10-16)30-21(29-18)12-31-17-7-8-27-20(11-17)22(24,25)26/h2-11,13,28H,12H2,1H3,(H,29,30). The van der Waals surface area contributed by atoms with Crippen LogP contribution in [0.3, 0.4) is 0 Å². The Bertz CT molecular complexity index is 1200. The van der Waals surface area contributed by atoms with Gasteiger partial charge in [-0.1, -0.05) is 12.1 Å². The lowest BCUT2D eigenvalue weighted by Crippen LogP contribution is -2.07. The van der Waals surface area contributed by atoms with Gasteiger partial charge in [0.15, 0.2) is 0 Å². The van der Waals surface area contributed by atoms with E-state index in [1.807, 2.05) is 24.3 Å². The number of rotatable bonds is 6. The summed E-state index contributed by atoms with van der Waals surface area (Å²) in [5, 5.41) is 3.25. The molecule has 0 fully saturated rings. The van der Waals surface area contributed by atoms with Crippen molar-refractivity contribution < 1.29 is 17.6 Å². The predicted molar refractivity (Wildman–Crippen MR) is 114 cm³/mol. The monoisotopic (exact) mass is 446 g/mol. The maximum Gasteiger partial charge on any atom is 0.433 e. The highest BCUT2D eigenvalue weighted by Crippen LogP contribution is 2.31. The summed E-state index contributed by atoms with van der Waals surface area (Å²) in [6, 6.07) is 15.3. The van der Waals surface area contributed by atoms with Gasteiger partial charge in [-0.3, -0.25) is 4.98 Å². The van der Waals surface area contributed by atoms with Crippen molar-refractivity contribution in [3.05, 3.63) is 77.9 Å². The van der Waals surface area contributed by atoms with Gasteiger partial charge in [0.2, 0.25) is 0 Å². The minimum atomic E-state index is -4.47. The average Bonchev–Trinajstić information content (AvgIpc) is 3.14. The van der Waals surface area contributed by atoms with Gasteiger partial charge in [-0.05, 0) is 55.0 Å². The smallest absolute Gasteiger partial charge is 0.355 e. The molecule has 31 heavy (non-hydrogen) atoms. The molecule has 4 nitrogen and oxygen atoms in total. The first-order valence-corrected chi connectivity index (χ1v) is 10.4. The van der Waals surface area contributed by atoms with E-state index in [-0.39, 0.29) is 0 Å². The van der Waals surface area contributed by atoms with E-state index in [0.29, 0.717) is 22.0 Å². The highest BCUT2D eigenvalue weighted by molar-refractivity contribution is 7.98. The molecule has 0 saturated heterocycles. The Kier molecular flexibility index (Phi) is 5.86. The number of halogens is 4. The molecule has 0 aliphatic carbocycles. The lowest BCUT2D eigenvalue weighted by molar-refractivity contribution is -0.141. The number of hydrogen-bond acceptors (Lipinski definition) is 4. The van der Waals surface area contributed by atoms with E-state index in [9.17, 15) is 17.6 Å². The molecule has 160 valence electrons. The largest absolute Gasteiger partial charge is 0.433 e. The zero-order valence-electron chi connectivity index (χ0n) is 16.4. The Balaban J connectivity index is 1.47. The number of aromatic nitrogens is 3. The fourth-order valence-electron chi connectivity index (χ4n) is 3.05. The van der Waals surface area contributed by atoms with Gasteiger partial charge in [0.25, 0.3) is 0 Å². The maximum atomic E-state index is 13.5. The van der Waals surface area contributed by atoms with Crippen molar-refractivity contribution in [1.82, 2.24) is 15.0 Å². The molecule has 2 aromatic heterocycles. The summed E-state index contributed by atoms with van der Waals surface area (Å²) in [4.78, 5) is 11.5. The minimum Gasteiger partial charge on any atom is -0.355 e. The van der Waals surface area contributed by atoms with E-state index in [4.69, 9.17) is 0 Å². The van der Waals surface area contributed by atoms with Crippen LogP contribution in [0, 0.1) is 0 Å². The minimum absolute atomic E-state index is 0.384. The van der Waals surface area contributed by atoms with Crippen molar-refractivity contribution in [2.75, 3.05) is 5.32 Å². The Labute approximate surface area is 180 Å². The first kappa shape index (κ1) is 21.2. The maximum absolute atomic E-state index is 13.5. The Morgan fingerprint density at radius 1 is 1.06 bits per heavy atom. The number of H-pyrrole nitrogens is 1. The second-order valence-corrected chi connectivity index (χ2v) is 7.99. The van der Waals surface area contributed by atoms with E-state index >= 15 is 0 Å². The fourth-order valence-corrected chi connectivity index (χ4v) is 3.84. The van der Waals surface area contributed by atoms with Crippen molar-refractivity contribution >= 4 is 34.2 Å². The highest BCUT2D eigenvalue weighted by Gasteiger charge is 2.32. The summed E-state index contributed by atoms with van der Waals surface area (Å²) in [7, 11) is 0. The molecule has 2 aromatic carbocycles. The van der Waals surface area contributed by atoms with Crippen LogP contribution in [0.4, 0.5) is 28.9 Å². The zero-order chi connectivity index (χ0) is 22.0. The summed E-state index contributed by atoms with van der Waals surface area (Å²) >= 11 is 1.25. The third-order valence-corrected chi connectivity index (χ3v) is 5.57. The van der Waals surface area contributed by atoms with Crippen molar-refractivity contribution in [3.63, 3.8) is 0 Å². The molecule has 1 unspecified atom stereocenters. The summed E-state index contributed by atoms with van der Waals surface area (Å²) in [6.45, 7) is 1.49. The topological polar surface area (TPSA) is 53.6 Å². The van der Waals surface area contributed by atoms with Gasteiger partial charge in [-0.15, -0.1) is 11.8 Å². The number of nitrogens with zero attached hydrogens (tertiary/aromatic N) is 2. The molecule has 4 rings (SSSR count). The van der Waals surface area contributed by atoms with Crippen LogP contribution < -0.4 is 5.32 Å². The van der Waals surface area contributed by atoms with E-state index in [0.717, 1.165) is 34.7 Å². The fraction of sp³-hybridized carbons (Fsp3) is 0.182. The van der Waals surface area contributed by atoms with Gasteiger partial charge in [0, 0.05) is 22.5 Å². The van der Waals surface area contributed by atoms with Gasteiger partial charge < -0.3 is 10.3 Å². The number of pyridine rings is 1. The molecule has 0 radical (unpaired) electrons. The molecule has 0 bridgehead atoms. The van der Waals surface area contributed by atoms with Gasteiger partial charge >= 0.3 is 6.18 Å². The molecular formula is C22H18F4N4S. The lowest BCUT2D eigenvalue weighted by atomic mass is 10.1. The average molecular weight is 446 g/mol. The number of anilines is 2. The number of hydrogen-bond donors (Lipinski definition) is 2. The van der Waals surface area contributed by atoms with Crippen LogP contribution in [0.25, 0.3) is 11.0 Å². The first-order chi connectivity index (χ1) is 14.8. The van der Waals surface area contributed by atoms with Crippen LogP contribution >= 0.6 is 11.8 Å². The molecule has 9 heteroatoms. The highest BCUT2D eigenvalue weighted by atomic mass is 32.2. The van der Waals surface area contributed by atoms with Crippen molar-refractivity contribution in [1.29, 1.82) is 0 Å². The summed E-state index contributed by atoms with van der Waals surface area (Å²) in [6.07, 6.45) is -4.37. The van der Waals surface area contributed by atoms with E-state index in [2.05, 4.69) is 20.3 Å². The molecule has 0 amide bonds. The number of imidazole rings is 1. The van der Waals surface area contributed by atoms with Crippen molar-refractivity contribution in [2.24, 2.45) is 0 Å². The van der Waals surface area contributed by atoms with Crippen molar-refractivity contribution in [2.45, 2.75) is 29.9 Å². The van der Waals surface area contributed by atoms with Crippen LogP contribution in [-0.2, 0) is 11.9 Å². The van der Waals surface area contributed by atoms with Crippen LogP contribution in [-0.4, -0.2) is 15.0 Å². The Hall–Kier alpha value is -3.07.